The van der Waals surface area contributed by atoms with Gasteiger partial charge in [0.25, 0.3) is 0 Å². The minimum absolute atomic E-state index is 0.104. The summed E-state index contributed by atoms with van der Waals surface area (Å²) in [6, 6.07) is 2.49. The summed E-state index contributed by atoms with van der Waals surface area (Å²) in [7, 11) is 0. The van der Waals surface area contributed by atoms with Gasteiger partial charge < -0.3 is 4.57 Å². The van der Waals surface area contributed by atoms with Gasteiger partial charge >= 0.3 is 0 Å². The molecule has 2 aromatic rings. The molecule has 0 aromatic carbocycles. The van der Waals surface area contributed by atoms with Crippen LogP contribution in [0.5, 0.6) is 0 Å². The Morgan fingerprint density at radius 3 is 2.67 bits per heavy atom. The molecule has 0 saturated heterocycles. The number of imidazole rings is 1. The van der Waals surface area contributed by atoms with Gasteiger partial charge in [-0.05, 0) is 60.0 Å². The molecule has 3 rings (SSSR count). The standard InChI is InChI=1S/C16H21BrClN3/c1-10(18)14-20-13-8-11(17)9-19-15(13)21(14)12-4-6-16(2,3)7-5-12/h8-10,12H,4-7H2,1-3H3. The first-order valence-corrected chi connectivity index (χ1v) is 8.78. The van der Waals surface area contributed by atoms with Crippen LogP contribution in [0.4, 0.5) is 0 Å². The Bertz CT molecular complexity index is 653. The highest BCUT2D eigenvalue weighted by Crippen LogP contribution is 2.42. The van der Waals surface area contributed by atoms with Crippen LogP contribution in [0.25, 0.3) is 11.2 Å². The Hall–Kier alpha value is -0.610. The van der Waals surface area contributed by atoms with Crippen molar-refractivity contribution in [1.82, 2.24) is 14.5 Å². The number of halogens is 2. The molecule has 0 N–H and O–H groups in total. The number of alkyl halides is 1. The van der Waals surface area contributed by atoms with Gasteiger partial charge in [-0.2, -0.15) is 0 Å². The van der Waals surface area contributed by atoms with E-state index in [0.29, 0.717) is 11.5 Å². The Balaban J connectivity index is 2.06. The van der Waals surface area contributed by atoms with Crippen molar-refractivity contribution in [2.24, 2.45) is 5.41 Å². The molecular weight excluding hydrogens is 350 g/mol. The van der Waals surface area contributed by atoms with Gasteiger partial charge in [0, 0.05) is 16.7 Å². The quantitative estimate of drug-likeness (QED) is 0.641. The van der Waals surface area contributed by atoms with Crippen LogP contribution in [0.3, 0.4) is 0 Å². The van der Waals surface area contributed by atoms with Gasteiger partial charge in [0.15, 0.2) is 5.65 Å². The molecule has 0 aliphatic heterocycles. The highest BCUT2D eigenvalue weighted by Gasteiger charge is 2.30. The molecule has 2 aromatic heterocycles. The Morgan fingerprint density at radius 1 is 1.38 bits per heavy atom. The van der Waals surface area contributed by atoms with Crippen LogP contribution in [0.1, 0.15) is 63.7 Å². The molecule has 3 nitrogen and oxygen atoms in total. The predicted octanol–water partition coefficient (Wildman–Crippen LogP) is 5.63. The van der Waals surface area contributed by atoms with Crippen molar-refractivity contribution in [2.45, 2.75) is 57.9 Å². The third kappa shape index (κ3) is 2.98. The maximum Gasteiger partial charge on any atom is 0.160 e. The van der Waals surface area contributed by atoms with Gasteiger partial charge in [-0.25, -0.2) is 9.97 Å². The normalized spacial score (nSPS) is 20.8. The van der Waals surface area contributed by atoms with Crippen LogP contribution in [-0.4, -0.2) is 14.5 Å². The number of fused-ring (bicyclic) bond motifs is 1. The molecule has 1 unspecified atom stereocenters. The number of hydrogen-bond acceptors (Lipinski definition) is 2. The molecular formula is C16H21BrClN3. The van der Waals surface area contributed by atoms with Crippen LogP contribution in [0.2, 0.25) is 0 Å². The molecule has 21 heavy (non-hydrogen) atoms. The second kappa shape index (κ2) is 5.54. The monoisotopic (exact) mass is 369 g/mol. The Morgan fingerprint density at radius 2 is 2.05 bits per heavy atom. The number of pyridine rings is 1. The first-order valence-electron chi connectivity index (χ1n) is 7.55. The minimum Gasteiger partial charge on any atom is -0.308 e. The summed E-state index contributed by atoms with van der Waals surface area (Å²) in [6.45, 7) is 6.70. The molecule has 1 atom stereocenters. The SMILES string of the molecule is CC(Cl)c1nc2cc(Br)cnc2n1C1CCC(C)(C)CC1. The Kier molecular flexibility index (Phi) is 4.04. The maximum absolute atomic E-state index is 6.37. The van der Waals surface area contributed by atoms with E-state index >= 15 is 0 Å². The van der Waals surface area contributed by atoms with Gasteiger partial charge in [0.1, 0.15) is 11.3 Å². The third-order valence-electron chi connectivity index (χ3n) is 4.55. The maximum atomic E-state index is 6.37. The van der Waals surface area contributed by atoms with Gasteiger partial charge in [0.2, 0.25) is 0 Å². The number of rotatable bonds is 2. The molecule has 5 heteroatoms. The predicted molar refractivity (Wildman–Crippen MR) is 90.8 cm³/mol. The van der Waals surface area contributed by atoms with Gasteiger partial charge in [-0.3, -0.25) is 0 Å². The molecule has 114 valence electrons. The van der Waals surface area contributed by atoms with E-state index < -0.39 is 0 Å². The van der Waals surface area contributed by atoms with E-state index in [2.05, 4.69) is 39.3 Å². The van der Waals surface area contributed by atoms with Crippen molar-refractivity contribution >= 4 is 38.7 Å². The highest BCUT2D eigenvalue weighted by atomic mass is 79.9. The number of hydrogen-bond donors (Lipinski definition) is 0. The van der Waals surface area contributed by atoms with Crippen molar-refractivity contribution in [3.63, 3.8) is 0 Å². The Labute approximate surface area is 139 Å². The summed E-state index contributed by atoms with van der Waals surface area (Å²) in [4.78, 5) is 9.31. The van der Waals surface area contributed by atoms with Crippen LogP contribution in [0.15, 0.2) is 16.7 Å². The topological polar surface area (TPSA) is 30.7 Å². The minimum atomic E-state index is -0.104. The largest absolute Gasteiger partial charge is 0.308 e. The summed E-state index contributed by atoms with van der Waals surface area (Å²) < 4.78 is 3.24. The van der Waals surface area contributed by atoms with Crippen molar-refractivity contribution in [3.05, 3.63) is 22.6 Å². The van der Waals surface area contributed by atoms with Crippen LogP contribution in [-0.2, 0) is 0 Å². The second-order valence-electron chi connectivity index (χ2n) is 6.85. The molecule has 1 saturated carbocycles. The van der Waals surface area contributed by atoms with Gasteiger partial charge in [-0.1, -0.05) is 13.8 Å². The first-order chi connectivity index (χ1) is 9.87. The molecule has 0 spiro atoms. The fraction of sp³-hybridized carbons (Fsp3) is 0.625. The fourth-order valence-corrected chi connectivity index (χ4v) is 3.73. The number of nitrogens with zero attached hydrogens (tertiary/aromatic N) is 3. The van der Waals surface area contributed by atoms with E-state index in [1.54, 1.807) is 0 Å². The summed E-state index contributed by atoms with van der Waals surface area (Å²) >= 11 is 9.84. The van der Waals surface area contributed by atoms with E-state index in [-0.39, 0.29) is 5.38 Å². The molecule has 0 amide bonds. The van der Waals surface area contributed by atoms with Crippen LogP contribution in [0, 0.1) is 5.41 Å². The number of aromatic nitrogens is 3. The molecule has 1 fully saturated rings. The van der Waals surface area contributed by atoms with Crippen LogP contribution >= 0.6 is 27.5 Å². The average Bonchev–Trinajstić information content (AvgIpc) is 2.77. The summed E-state index contributed by atoms with van der Waals surface area (Å²) in [5.41, 5.74) is 2.35. The second-order valence-corrected chi connectivity index (χ2v) is 8.42. The van der Waals surface area contributed by atoms with Crippen LogP contribution < -0.4 is 0 Å². The van der Waals surface area contributed by atoms with Crippen molar-refractivity contribution < 1.29 is 0 Å². The molecule has 1 aliphatic carbocycles. The van der Waals surface area contributed by atoms with E-state index in [0.717, 1.165) is 21.5 Å². The highest BCUT2D eigenvalue weighted by molar-refractivity contribution is 9.10. The van der Waals surface area contributed by atoms with E-state index in [4.69, 9.17) is 16.6 Å². The summed E-state index contributed by atoms with van der Waals surface area (Å²) in [5.74, 6) is 0.946. The van der Waals surface area contributed by atoms with E-state index in [1.807, 2.05) is 19.2 Å². The average molecular weight is 371 g/mol. The van der Waals surface area contributed by atoms with Gasteiger partial charge in [0.05, 0.1) is 5.38 Å². The molecule has 0 radical (unpaired) electrons. The van der Waals surface area contributed by atoms with E-state index in [1.165, 1.54) is 25.7 Å². The third-order valence-corrected chi connectivity index (χ3v) is 5.18. The first kappa shape index (κ1) is 15.3. The lowest BCUT2D eigenvalue weighted by Crippen LogP contribution is -2.24. The lowest BCUT2D eigenvalue weighted by atomic mass is 9.75. The van der Waals surface area contributed by atoms with Gasteiger partial charge in [-0.15, -0.1) is 11.6 Å². The molecule has 1 aliphatic rings. The zero-order chi connectivity index (χ0) is 15.2. The summed E-state index contributed by atoms with van der Waals surface area (Å²) in [6.07, 6.45) is 6.67. The van der Waals surface area contributed by atoms with Crippen molar-refractivity contribution in [3.8, 4) is 0 Å². The molecule has 0 bridgehead atoms. The van der Waals surface area contributed by atoms with Crippen molar-refractivity contribution in [1.29, 1.82) is 0 Å². The smallest absolute Gasteiger partial charge is 0.160 e. The zero-order valence-electron chi connectivity index (χ0n) is 12.7. The zero-order valence-corrected chi connectivity index (χ0v) is 15.1. The fourth-order valence-electron chi connectivity index (χ4n) is 3.26. The van der Waals surface area contributed by atoms with Crippen molar-refractivity contribution in [2.75, 3.05) is 0 Å². The lowest BCUT2D eigenvalue weighted by Gasteiger charge is -2.35. The molecule has 2 heterocycles. The van der Waals surface area contributed by atoms with E-state index in [9.17, 15) is 0 Å². The lowest BCUT2D eigenvalue weighted by molar-refractivity contribution is 0.193. The summed E-state index contributed by atoms with van der Waals surface area (Å²) in [5, 5.41) is -0.104.